The van der Waals surface area contributed by atoms with E-state index in [1.165, 1.54) is 0 Å². The molecule has 204 valence electrons. The number of oxazole rings is 1. The van der Waals surface area contributed by atoms with Gasteiger partial charge in [-0.3, -0.25) is 14.4 Å². The Morgan fingerprint density at radius 1 is 0.927 bits per heavy atom. The highest BCUT2D eigenvalue weighted by Gasteiger charge is 2.36. The quantitative estimate of drug-likeness (QED) is 0.332. The van der Waals surface area contributed by atoms with Gasteiger partial charge in [0.1, 0.15) is 17.5 Å². The average molecular weight is 545 g/mol. The molecule has 0 radical (unpaired) electrons. The molecule has 6 aromatic rings. The molecule has 10 nitrogen and oxygen atoms in total. The normalized spacial score (nSPS) is 16.9. The number of para-hydroxylation sites is 2. The Hall–Kier alpha value is -4.83. The molecule has 2 saturated heterocycles. The summed E-state index contributed by atoms with van der Waals surface area (Å²) in [4.78, 5) is 34.2. The topological polar surface area (TPSA) is 109 Å². The molecule has 8 rings (SSSR count). The number of aromatic amines is 1. The van der Waals surface area contributed by atoms with Crippen LogP contribution in [0.5, 0.6) is 0 Å². The van der Waals surface area contributed by atoms with Crippen LogP contribution in [0.3, 0.4) is 0 Å². The Morgan fingerprint density at radius 2 is 1.76 bits per heavy atom. The molecular formula is C31H28N8O2. The minimum atomic E-state index is 0.0828. The van der Waals surface area contributed by atoms with Crippen LogP contribution in [0.4, 0.5) is 0 Å². The number of hydrogen-bond acceptors (Lipinski definition) is 7. The van der Waals surface area contributed by atoms with Gasteiger partial charge in [0, 0.05) is 66.7 Å². The molecule has 2 aliphatic heterocycles. The van der Waals surface area contributed by atoms with Crippen LogP contribution >= 0.6 is 0 Å². The number of likely N-dealkylation sites (tertiary alicyclic amines) is 2. The van der Waals surface area contributed by atoms with Gasteiger partial charge >= 0.3 is 0 Å². The zero-order chi connectivity index (χ0) is 27.3. The number of piperidine rings is 1. The lowest BCUT2D eigenvalue weighted by Crippen LogP contribution is -2.56. The number of H-pyrrole nitrogens is 1. The van der Waals surface area contributed by atoms with Gasteiger partial charge in [-0.15, -0.1) is 0 Å². The summed E-state index contributed by atoms with van der Waals surface area (Å²) in [6.07, 6.45) is 9.41. The number of hydrogen-bond donors (Lipinski definition) is 1. The van der Waals surface area contributed by atoms with Gasteiger partial charge in [-0.1, -0.05) is 12.1 Å². The molecule has 0 aliphatic carbocycles. The maximum atomic E-state index is 13.2. The van der Waals surface area contributed by atoms with E-state index in [2.05, 4.69) is 40.8 Å². The lowest BCUT2D eigenvalue weighted by Gasteiger charge is -2.47. The summed E-state index contributed by atoms with van der Waals surface area (Å²) in [5, 5.41) is 5.65. The van der Waals surface area contributed by atoms with Gasteiger partial charge in [0.15, 0.2) is 5.58 Å². The van der Waals surface area contributed by atoms with Crippen LogP contribution in [0.25, 0.3) is 44.8 Å². The lowest BCUT2D eigenvalue weighted by atomic mass is 9.97. The van der Waals surface area contributed by atoms with Gasteiger partial charge in [-0.2, -0.15) is 5.10 Å². The van der Waals surface area contributed by atoms with Crippen LogP contribution in [0.2, 0.25) is 0 Å². The van der Waals surface area contributed by atoms with Crippen molar-refractivity contribution < 1.29 is 9.21 Å². The minimum absolute atomic E-state index is 0.0828. The third-order valence-corrected chi connectivity index (χ3v) is 8.43. The molecular weight excluding hydrogens is 516 g/mol. The number of carbonyl (C=O) groups excluding carboxylic acids is 1. The molecule has 10 heteroatoms. The van der Waals surface area contributed by atoms with E-state index < -0.39 is 0 Å². The summed E-state index contributed by atoms with van der Waals surface area (Å²) in [7, 11) is 0. The Morgan fingerprint density at radius 3 is 2.59 bits per heavy atom. The van der Waals surface area contributed by atoms with E-state index in [-0.39, 0.29) is 5.91 Å². The number of carbonyl (C=O) groups is 1. The average Bonchev–Trinajstić information content (AvgIpc) is 3.76. The molecule has 2 aliphatic rings. The smallest absolute Gasteiger partial charge is 0.253 e. The Labute approximate surface area is 235 Å². The zero-order valence-corrected chi connectivity index (χ0v) is 22.3. The van der Waals surface area contributed by atoms with Crippen molar-refractivity contribution in [2.75, 3.05) is 26.2 Å². The van der Waals surface area contributed by atoms with E-state index in [0.29, 0.717) is 23.5 Å². The van der Waals surface area contributed by atoms with Crippen molar-refractivity contribution in [3.05, 3.63) is 85.1 Å². The summed E-state index contributed by atoms with van der Waals surface area (Å²) in [5.41, 5.74) is 5.88. The van der Waals surface area contributed by atoms with E-state index in [1.54, 1.807) is 6.33 Å². The molecule has 1 N–H and O–H groups in total. The SMILES string of the molecule is O=C(c1ccc(-c2nc3ccccc3o2)cc1)N1CCC(N2CC(n3cc(-c4ncnc5[nH]ccc45)cn3)C2)CC1. The summed E-state index contributed by atoms with van der Waals surface area (Å²) in [6.45, 7) is 3.48. The van der Waals surface area contributed by atoms with Crippen LogP contribution in [0, 0.1) is 0 Å². The van der Waals surface area contributed by atoms with E-state index in [0.717, 1.165) is 78.0 Å². The molecule has 0 atom stereocenters. The number of benzene rings is 2. The van der Waals surface area contributed by atoms with Gasteiger partial charge in [-0.05, 0) is 55.3 Å². The van der Waals surface area contributed by atoms with Gasteiger partial charge in [0.25, 0.3) is 5.91 Å². The second kappa shape index (κ2) is 9.67. The van der Waals surface area contributed by atoms with Crippen molar-refractivity contribution >= 4 is 28.0 Å². The maximum Gasteiger partial charge on any atom is 0.253 e. The number of aromatic nitrogens is 6. The van der Waals surface area contributed by atoms with Crippen molar-refractivity contribution in [3.8, 4) is 22.7 Å². The molecule has 0 saturated carbocycles. The predicted molar refractivity (Wildman–Crippen MR) is 154 cm³/mol. The highest BCUT2D eigenvalue weighted by atomic mass is 16.3. The van der Waals surface area contributed by atoms with Crippen molar-refractivity contribution in [2.24, 2.45) is 0 Å². The number of rotatable bonds is 5. The van der Waals surface area contributed by atoms with Gasteiger partial charge in [0.05, 0.1) is 17.9 Å². The maximum absolute atomic E-state index is 13.2. The molecule has 41 heavy (non-hydrogen) atoms. The third kappa shape index (κ3) is 4.27. The fourth-order valence-corrected chi connectivity index (χ4v) is 6.08. The number of nitrogens with zero attached hydrogens (tertiary/aromatic N) is 7. The van der Waals surface area contributed by atoms with Crippen LogP contribution in [-0.2, 0) is 0 Å². The standard InChI is InChI=1S/C31H28N8O2/c40-31(21-7-5-20(6-8-21)30-36-26-3-1-2-4-27(26)41-30)37-13-10-23(11-14-37)38-17-24(18-38)39-16-22(15-35-39)28-25-9-12-32-29(25)34-19-33-28/h1-9,12,15-16,19,23-24H,10-11,13-14,17-18H2,(H,32,33,34). The van der Waals surface area contributed by atoms with Crippen LogP contribution in [0.1, 0.15) is 29.2 Å². The van der Waals surface area contributed by atoms with E-state index >= 15 is 0 Å². The molecule has 4 aromatic heterocycles. The first-order chi connectivity index (χ1) is 20.2. The highest BCUT2D eigenvalue weighted by molar-refractivity contribution is 5.94. The molecule has 2 aromatic carbocycles. The third-order valence-electron chi connectivity index (χ3n) is 8.43. The summed E-state index contributed by atoms with van der Waals surface area (Å²) < 4.78 is 7.93. The summed E-state index contributed by atoms with van der Waals surface area (Å²) in [5.74, 6) is 0.650. The Kier molecular flexibility index (Phi) is 5.66. The van der Waals surface area contributed by atoms with E-state index in [1.807, 2.05) is 71.9 Å². The zero-order valence-electron chi connectivity index (χ0n) is 22.3. The predicted octanol–water partition coefficient (Wildman–Crippen LogP) is 4.79. The van der Waals surface area contributed by atoms with E-state index in [9.17, 15) is 4.79 Å². The first-order valence-electron chi connectivity index (χ1n) is 14.0. The first-order valence-corrected chi connectivity index (χ1v) is 14.0. The summed E-state index contributed by atoms with van der Waals surface area (Å²) >= 11 is 0. The van der Waals surface area contributed by atoms with E-state index in [4.69, 9.17) is 4.42 Å². The largest absolute Gasteiger partial charge is 0.436 e. The fourth-order valence-electron chi connectivity index (χ4n) is 6.08. The number of fused-ring (bicyclic) bond motifs is 2. The Balaban J connectivity index is 0.860. The monoisotopic (exact) mass is 544 g/mol. The van der Waals surface area contributed by atoms with Crippen molar-refractivity contribution in [1.82, 2.24) is 39.5 Å². The molecule has 0 spiro atoms. The van der Waals surface area contributed by atoms with Gasteiger partial charge in [0.2, 0.25) is 5.89 Å². The lowest BCUT2D eigenvalue weighted by molar-refractivity contribution is 0.0198. The highest BCUT2D eigenvalue weighted by Crippen LogP contribution is 2.31. The van der Waals surface area contributed by atoms with Crippen LogP contribution in [-0.4, -0.2) is 77.6 Å². The van der Waals surface area contributed by atoms with Crippen LogP contribution in [0.15, 0.2) is 83.9 Å². The van der Waals surface area contributed by atoms with Crippen molar-refractivity contribution in [1.29, 1.82) is 0 Å². The molecule has 0 unspecified atom stereocenters. The molecule has 0 bridgehead atoms. The minimum Gasteiger partial charge on any atom is -0.436 e. The second-order valence-corrected chi connectivity index (χ2v) is 10.9. The second-order valence-electron chi connectivity index (χ2n) is 10.9. The Bertz CT molecular complexity index is 1820. The molecule has 2 fully saturated rings. The van der Waals surface area contributed by atoms with Crippen LogP contribution < -0.4 is 0 Å². The van der Waals surface area contributed by atoms with Crippen molar-refractivity contribution in [3.63, 3.8) is 0 Å². The fraction of sp³-hybridized carbons (Fsp3) is 0.258. The summed E-state index contributed by atoms with van der Waals surface area (Å²) in [6, 6.07) is 18.1. The van der Waals surface area contributed by atoms with Gasteiger partial charge < -0.3 is 14.3 Å². The number of nitrogens with one attached hydrogen (secondary N) is 1. The van der Waals surface area contributed by atoms with Crippen molar-refractivity contribution in [2.45, 2.75) is 24.9 Å². The number of amides is 1. The van der Waals surface area contributed by atoms with Gasteiger partial charge in [-0.25, -0.2) is 15.0 Å². The molecule has 6 heterocycles. The molecule has 1 amide bonds. The first kappa shape index (κ1) is 24.0.